The molecule has 1 atom stereocenters. The predicted molar refractivity (Wildman–Crippen MR) is 118 cm³/mol. The Hall–Kier alpha value is -3.11. The maximum Gasteiger partial charge on any atom is 0.307 e. The number of nitrogens with two attached hydrogens (primary N) is 1. The average molecular weight is 402 g/mol. The lowest BCUT2D eigenvalue weighted by Crippen LogP contribution is -2.10. The zero-order valence-corrected chi connectivity index (χ0v) is 17.0. The maximum absolute atomic E-state index is 11.1. The van der Waals surface area contributed by atoms with Gasteiger partial charge in [-0.1, -0.05) is 67.4 Å². The zero-order chi connectivity index (χ0) is 20.9. The van der Waals surface area contributed by atoms with E-state index in [1.807, 2.05) is 30.3 Å². The number of rotatable bonds is 9. The first-order valence-corrected chi connectivity index (χ1v) is 10.5. The topological polar surface area (TPSA) is 72.5 Å². The van der Waals surface area contributed by atoms with Gasteiger partial charge in [-0.2, -0.15) is 0 Å². The summed E-state index contributed by atoms with van der Waals surface area (Å²) in [5.74, 6) is 0.541. The van der Waals surface area contributed by atoms with Crippen LogP contribution in [0.2, 0.25) is 0 Å². The van der Waals surface area contributed by atoms with Crippen molar-refractivity contribution in [2.24, 2.45) is 11.7 Å². The van der Waals surface area contributed by atoms with E-state index < -0.39 is 5.97 Å². The van der Waals surface area contributed by atoms with Crippen LogP contribution in [0.1, 0.15) is 42.0 Å². The third kappa shape index (κ3) is 5.28. The Bertz CT molecular complexity index is 1030. The Morgan fingerprint density at radius 1 is 1.00 bits per heavy atom. The van der Waals surface area contributed by atoms with Gasteiger partial charge in [0.15, 0.2) is 0 Å². The molecular formula is C26H27NO3. The van der Waals surface area contributed by atoms with Crippen LogP contribution >= 0.6 is 0 Å². The molecule has 0 aliphatic heterocycles. The number of carboxylic acids is 1. The molecule has 4 rings (SSSR count). The first-order chi connectivity index (χ1) is 14.6. The van der Waals surface area contributed by atoms with Gasteiger partial charge in [-0.25, -0.2) is 0 Å². The molecule has 30 heavy (non-hydrogen) atoms. The Morgan fingerprint density at radius 3 is 2.50 bits per heavy atom. The molecule has 0 unspecified atom stereocenters. The summed E-state index contributed by atoms with van der Waals surface area (Å²) >= 11 is 0. The molecule has 1 aliphatic carbocycles. The van der Waals surface area contributed by atoms with E-state index in [0.717, 1.165) is 29.0 Å². The summed E-state index contributed by atoms with van der Waals surface area (Å²) < 4.78 is 5.94. The normalized spacial score (nSPS) is 14.3. The second kappa shape index (κ2) is 9.14. The van der Waals surface area contributed by atoms with E-state index in [-0.39, 0.29) is 12.5 Å². The van der Waals surface area contributed by atoms with Crippen molar-refractivity contribution >= 4 is 5.97 Å². The van der Waals surface area contributed by atoms with Crippen LogP contribution in [-0.2, 0) is 17.8 Å². The highest BCUT2D eigenvalue weighted by molar-refractivity contribution is 5.71. The molecule has 0 saturated heterocycles. The summed E-state index contributed by atoms with van der Waals surface area (Å²) in [5, 5.41) is 9.09. The van der Waals surface area contributed by atoms with Crippen molar-refractivity contribution in [2.45, 2.75) is 38.3 Å². The molecule has 0 spiro atoms. The minimum atomic E-state index is -0.868. The van der Waals surface area contributed by atoms with E-state index in [1.54, 1.807) is 6.07 Å². The monoisotopic (exact) mass is 401 g/mol. The van der Waals surface area contributed by atoms with E-state index in [2.05, 4.69) is 36.4 Å². The van der Waals surface area contributed by atoms with Crippen LogP contribution < -0.4 is 10.5 Å². The van der Waals surface area contributed by atoms with Crippen LogP contribution in [0.3, 0.4) is 0 Å². The van der Waals surface area contributed by atoms with Crippen molar-refractivity contribution in [3.8, 4) is 16.9 Å². The lowest BCUT2D eigenvalue weighted by molar-refractivity contribution is -0.136. The molecule has 0 bridgehead atoms. The van der Waals surface area contributed by atoms with E-state index in [1.165, 1.54) is 18.4 Å². The van der Waals surface area contributed by atoms with Gasteiger partial charge in [0, 0.05) is 11.6 Å². The van der Waals surface area contributed by atoms with Gasteiger partial charge in [-0.05, 0) is 52.8 Å². The SMILES string of the molecule is N[C@H](CC1CC1)c1cccc(-c2cccc(COc3ccccc3CC(=O)O)c2)c1. The molecule has 0 radical (unpaired) electrons. The molecule has 4 nitrogen and oxygen atoms in total. The highest BCUT2D eigenvalue weighted by atomic mass is 16.5. The van der Waals surface area contributed by atoms with E-state index in [0.29, 0.717) is 17.9 Å². The van der Waals surface area contributed by atoms with Crippen LogP contribution in [0.5, 0.6) is 5.75 Å². The summed E-state index contributed by atoms with van der Waals surface area (Å²) in [6, 6.07) is 24.1. The maximum atomic E-state index is 11.1. The van der Waals surface area contributed by atoms with Crippen LogP contribution in [-0.4, -0.2) is 11.1 Å². The lowest BCUT2D eigenvalue weighted by atomic mass is 9.96. The number of para-hydroxylation sites is 1. The van der Waals surface area contributed by atoms with Crippen molar-refractivity contribution in [1.82, 2.24) is 0 Å². The van der Waals surface area contributed by atoms with Gasteiger partial charge >= 0.3 is 5.97 Å². The van der Waals surface area contributed by atoms with Gasteiger partial charge in [-0.15, -0.1) is 0 Å². The molecular weight excluding hydrogens is 374 g/mol. The lowest BCUT2D eigenvalue weighted by Gasteiger charge is -2.14. The third-order valence-corrected chi connectivity index (χ3v) is 5.57. The zero-order valence-electron chi connectivity index (χ0n) is 17.0. The molecule has 4 heteroatoms. The molecule has 0 heterocycles. The largest absolute Gasteiger partial charge is 0.489 e. The number of aliphatic carboxylic acids is 1. The van der Waals surface area contributed by atoms with Gasteiger partial charge in [0.2, 0.25) is 0 Å². The van der Waals surface area contributed by atoms with Crippen molar-refractivity contribution in [3.05, 3.63) is 89.5 Å². The first kappa shape index (κ1) is 20.2. The Kier molecular flexibility index (Phi) is 6.15. The molecule has 0 aromatic heterocycles. The summed E-state index contributed by atoms with van der Waals surface area (Å²) in [5.41, 5.74) is 11.6. The molecule has 1 fully saturated rings. The van der Waals surface area contributed by atoms with Crippen molar-refractivity contribution < 1.29 is 14.6 Å². The molecule has 1 aliphatic rings. The van der Waals surface area contributed by atoms with E-state index >= 15 is 0 Å². The first-order valence-electron chi connectivity index (χ1n) is 10.5. The van der Waals surface area contributed by atoms with Crippen LogP contribution in [0.4, 0.5) is 0 Å². The minimum absolute atomic E-state index is 0.0515. The van der Waals surface area contributed by atoms with Crippen molar-refractivity contribution in [3.63, 3.8) is 0 Å². The number of benzene rings is 3. The van der Waals surface area contributed by atoms with Crippen LogP contribution in [0.25, 0.3) is 11.1 Å². The fourth-order valence-electron chi connectivity index (χ4n) is 3.75. The fraction of sp³-hybridized carbons (Fsp3) is 0.269. The molecule has 3 aromatic carbocycles. The van der Waals surface area contributed by atoms with Gasteiger partial charge in [0.1, 0.15) is 12.4 Å². The summed E-state index contributed by atoms with van der Waals surface area (Å²) in [4.78, 5) is 11.1. The van der Waals surface area contributed by atoms with Gasteiger partial charge in [-0.3, -0.25) is 4.79 Å². The van der Waals surface area contributed by atoms with Crippen LogP contribution in [0.15, 0.2) is 72.8 Å². The minimum Gasteiger partial charge on any atom is -0.489 e. The second-order valence-corrected chi connectivity index (χ2v) is 8.08. The summed E-state index contributed by atoms with van der Waals surface area (Å²) in [7, 11) is 0. The van der Waals surface area contributed by atoms with Crippen molar-refractivity contribution in [1.29, 1.82) is 0 Å². The van der Waals surface area contributed by atoms with Gasteiger partial charge in [0.25, 0.3) is 0 Å². The Labute approximate surface area is 177 Å². The van der Waals surface area contributed by atoms with Gasteiger partial charge < -0.3 is 15.6 Å². The molecule has 3 aromatic rings. The molecule has 1 saturated carbocycles. The number of ether oxygens (including phenoxy) is 1. The molecule has 154 valence electrons. The predicted octanol–water partition coefficient (Wildman–Crippen LogP) is 5.36. The molecule has 0 amide bonds. The summed E-state index contributed by atoms with van der Waals surface area (Å²) in [6.45, 7) is 0.380. The standard InChI is InChI=1S/C26H27NO3/c27-24(14-18-11-12-18)22-9-4-8-21(15-22)20-7-3-5-19(13-20)17-30-25-10-2-1-6-23(25)16-26(28)29/h1-10,13,15,18,24H,11-12,14,16-17,27H2,(H,28,29)/t24-/m1/s1. The van der Waals surface area contributed by atoms with Gasteiger partial charge in [0.05, 0.1) is 6.42 Å². The van der Waals surface area contributed by atoms with Crippen molar-refractivity contribution in [2.75, 3.05) is 0 Å². The Morgan fingerprint density at radius 2 is 1.73 bits per heavy atom. The second-order valence-electron chi connectivity index (χ2n) is 8.08. The Balaban J connectivity index is 1.48. The number of hydrogen-bond donors (Lipinski definition) is 2. The quantitative estimate of drug-likeness (QED) is 0.506. The number of carboxylic acid groups (broad SMARTS) is 1. The highest BCUT2D eigenvalue weighted by Crippen LogP contribution is 2.37. The van der Waals surface area contributed by atoms with E-state index in [9.17, 15) is 4.79 Å². The smallest absolute Gasteiger partial charge is 0.307 e. The molecule has 3 N–H and O–H groups in total. The summed E-state index contributed by atoms with van der Waals surface area (Å²) in [6.07, 6.45) is 3.63. The highest BCUT2D eigenvalue weighted by Gasteiger charge is 2.24. The average Bonchev–Trinajstić information content (AvgIpc) is 3.57. The third-order valence-electron chi connectivity index (χ3n) is 5.57. The van der Waals surface area contributed by atoms with Crippen LogP contribution in [0, 0.1) is 5.92 Å². The van der Waals surface area contributed by atoms with E-state index in [4.69, 9.17) is 15.6 Å². The fourth-order valence-corrected chi connectivity index (χ4v) is 3.75. The number of carbonyl (C=O) groups is 1. The number of hydrogen-bond acceptors (Lipinski definition) is 3.